The zero-order valence-corrected chi connectivity index (χ0v) is 9.57. The van der Waals surface area contributed by atoms with Crippen molar-refractivity contribution in [2.45, 2.75) is 25.8 Å². The van der Waals surface area contributed by atoms with Crippen LogP contribution in [0.5, 0.6) is 0 Å². The second kappa shape index (κ2) is 6.96. The highest BCUT2D eigenvalue weighted by Crippen LogP contribution is 2.13. The number of nitrogens with zero attached hydrogens (tertiary/aromatic N) is 1. The van der Waals surface area contributed by atoms with Crippen molar-refractivity contribution in [3.8, 4) is 0 Å². The number of hydrogen-bond donors (Lipinski definition) is 1. The molecule has 0 fully saturated rings. The van der Waals surface area contributed by atoms with Crippen molar-refractivity contribution in [1.82, 2.24) is 0 Å². The Labute approximate surface area is 86.5 Å². The van der Waals surface area contributed by atoms with E-state index in [2.05, 4.69) is 14.0 Å². The molecule has 0 amide bonds. The molecule has 0 saturated carbocycles. The molecule has 12 heavy (non-hydrogen) atoms. The zero-order valence-electron chi connectivity index (χ0n) is 8.06. The van der Waals surface area contributed by atoms with Crippen LogP contribution in [0.1, 0.15) is 20.3 Å². The summed E-state index contributed by atoms with van der Waals surface area (Å²) in [6, 6.07) is 0. The summed E-state index contributed by atoms with van der Waals surface area (Å²) in [5.41, 5.74) is 0.131. The Morgan fingerprint density at radius 1 is 1.50 bits per heavy atom. The van der Waals surface area contributed by atoms with Gasteiger partial charge in [0.1, 0.15) is 0 Å². The van der Waals surface area contributed by atoms with Crippen LogP contribution in [-0.4, -0.2) is 41.8 Å². The maximum absolute atomic E-state index is 8.65. The lowest BCUT2D eigenvalue weighted by molar-refractivity contribution is -0.917. The van der Waals surface area contributed by atoms with Gasteiger partial charge in [0.2, 0.25) is 0 Å². The monoisotopic (exact) mass is 215 g/mol. The van der Waals surface area contributed by atoms with Gasteiger partial charge in [0.15, 0.2) is 5.50 Å². The van der Waals surface area contributed by atoms with E-state index in [4.69, 9.17) is 16.7 Å². The summed E-state index contributed by atoms with van der Waals surface area (Å²) in [7, 11) is 2.12. The fraction of sp³-hybridized carbons (Fsp3) is 1.00. The highest BCUT2D eigenvalue weighted by molar-refractivity contribution is 6.19. The molecule has 0 heterocycles. The molecule has 0 spiro atoms. The van der Waals surface area contributed by atoms with E-state index in [0.717, 1.165) is 24.0 Å². The fourth-order valence-electron chi connectivity index (χ4n) is 1.02. The van der Waals surface area contributed by atoms with Crippen molar-refractivity contribution in [3.63, 3.8) is 0 Å². The third-order valence-electron chi connectivity index (χ3n) is 2.41. The Kier molecular flexibility index (Phi) is 8.69. The summed E-state index contributed by atoms with van der Waals surface area (Å²) in [6.07, 6.45) is 0.835. The fourth-order valence-corrected chi connectivity index (χ4v) is 1.26. The molecule has 0 saturated heterocycles. The predicted octanol–water partition coefficient (Wildman–Crippen LogP) is -1.58. The lowest BCUT2D eigenvalue weighted by Crippen LogP contribution is -3.00. The average molecular weight is 216 g/mol. The molecule has 0 aliphatic carbocycles. The van der Waals surface area contributed by atoms with Gasteiger partial charge in [0.05, 0.1) is 20.1 Å². The molecule has 76 valence electrons. The van der Waals surface area contributed by atoms with Crippen molar-refractivity contribution >= 4 is 11.6 Å². The summed E-state index contributed by atoms with van der Waals surface area (Å²) < 4.78 is 0.835. The number of alkyl halides is 1. The van der Waals surface area contributed by atoms with Crippen molar-refractivity contribution in [1.29, 1.82) is 0 Å². The minimum atomic E-state index is 0. The van der Waals surface area contributed by atoms with Crippen molar-refractivity contribution in [3.05, 3.63) is 0 Å². The van der Waals surface area contributed by atoms with Crippen LogP contribution in [0.4, 0.5) is 0 Å². The molecule has 2 unspecified atom stereocenters. The van der Waals surface area contributed by atoms with E-state index in [-0.39, 0.29) is 24.5 Å². The molecule has 0 radical (unpaired) electrons. The second-order valence-electron chi connectivity index (χ2n) is 3.17. The largest absolute Gasteiger partial charge is 1.00 e. The minimum absolute atomic E-state index is 0. The van der Waals surface area contributed by atoms with Gasteiger partial charge < -0.3 is 22.0 Å². The van der Waals surface area contributed by atoms with E-state index in [1.165, 1.54) is 0 Å². The standard InChI is InChI=1S/C8H19ClNO.ClH/c1-4-10(3,8(2)9)6-5-7-11;/h8,11H,4-7H2,1-3H3;1H/q+1;/p-1. The Morgan fingerprint density at radius 2 is 2.00 bits per heavy atom. The van der Waals surface area contributed by atoms with Gasteiger partial charge in [-0.1, -0.05) is 11.6 Å². The Hall–Kier alpha value is 0.500. The van der Waals surface area contributed by atoms with Crippen molar-refractivity contribution in [2.24, 2.45) is 0 Å². The summed E-state index contributed by atoms with van der Waals surface area (Å²) in [5.74, 6) is 0. The number of hydrogen-bond acceptors (Lipinski definition) is 1. The van der Waals surface area contributed by atoms with Crippen LogP contribution in [0.15, 0.2) is 0 Å². The molecule has 0 rings (SSSR count). The van der Waals surface area contributed by atoms with Gasteiger partial charge in [-0.3, -0.25) is 0 Å². The first kappa shape index (κ1) is 15.0. The maximum Gasteiger partial charge on any atom is 0.161 e. The topological polar surface area (TPSA) is 20.2 Å². The van der Waals surface area contributed by atoms with Crippen LogP contribution in [0.3, 0.4) is 0 Å². The lowest BCUT2D eigenvalue weighted by atomic mass is 10.3. The quantitative estimate of drug-likeness (QED) is 0.334. The first-order valence-electron chi connectivity index (χ1n) is 4.16. The molecule has 0 aromatic rings. The van der Waals surface area contributed by atoms with E-state index in [1.807, 2.05) is 6.92 Å². The molecule has 2 nitrogen and oxygen atoms in total. The SMILES string of the molecule is CC[N+](C)(CCCO)C(C)Cl.[Cl-]. The van der Waals surface area contributed by atoms with Gasteiger partial charge in [0.25, 0.3) is 0 Å². The summed E-state index contributed by atoms with van der Waals surface area (Å²) in [6.45, 7) is 6.36. The van der Waals surface area contributed by atoms with E-state index in [1.54, 1.807) is 0 Å². The molecule has 0 aromatic heterocycles. The lowest BCUT2D eigenvalue weighted by Gasteiger charge is -2.35. The van der Waals surface area contributed by atoms with Crippen LogP contribution in [0, 0.1) is 0 Å². The molecule has 0 aliphatic rings. The zero-order chi connectivity index (χ0) is 8.91. The summed E-state index contributed by atoms with van der Waals surface area (Å²) in [5, 5.41) is 8.65. The van der Waals surface area contributed by atoms with Gasteiger partial charge in [-0.2, -0.15) is 0 Å². The molecule has 2 atom stereocenters. The van der Waals surface area contributed by atoms with Crippen molar-refractivity contribution < 1.29 is 22.0 Å². The van der Waals surface area contributed by atoms with Crippen LogP contribution < -0.4 is 12.4 Å². The number of halogens is 2. The molecule has 1 N–H and O–H groups in total. The summed E-state index contributed by atoms with van der Waals surface area (Å²) >= 11 is 6.01. The number of quaternary nitrogens is 1. The van der Waals surface area contributed by atoms with Crippen LogP contribution >= 0.6 is 11.6 Å². The molecular weight excluding hydrogens is 197 g/mol. The molecule has 0 aromatic carbocycles. The predicted molar refractivity (Wildman–Crippen MR) is 48.6 cm³/mol. The number of rotatable bonds is 5. The normalized spacial score (nSPS) is 17.8. The van der Waals surface area contributed by atoms with E-state index in [0.29, 0.717) is 0 Å². The number of aliphatic hydroxyl groups is 1. The molecule has 0 aliphatic heterocycles. The van der Waals surface area contributed by atoms with Gasteiger partial charge in [-0.15, -0.1) is 0 Å². The van der Waals surface area contributed by atoms with Gasteiger partial charge in [-0.05, 0) is 6.92 Å². The first-order valence-corrected chi connectivity index (χ1v) is 4.59. The Bertz CT molecular complexity index is 111. The van der Waals surface area contributed by atoms with Crippen LogP contribution in [-0.2, 0) is 0 Å². The Morgan fingerprint density at radius 3 is 2.25 bits per heavy atom. The van der Waals surface area contributed by atoms with E-state index >= 15 is 0 Å². The van der Waals surface area contributed by atoms with Crippen LogP contribution in [0.25, 0.3) is 0 Å². The maximum atomic E-state index is 8.65. The molecule has 4 heteroatoms. The highest BCUT2D eigenvalue weighted by Gasteiger charge is 2.24. The molecule has 0 bridgehead atoms. The third-order valence-corrected chi connectivity index (χ3v) is 2.88. The number of aliphatic hydroxyl groups excluding tert-OH is 1. The van der Waals surface area contributed by atoms with E-state index < -0.39 is 0 Å². The van der Waals surface area contributed by atoms with Crippen LogP contribution in [0.2, 0.25) is 0 Å². The molecular formula is C8H19Cl2NO. The van der Waals surface area contributed by atoms with Gasteiger partial charge in [0, 0.05) is 20.0 Å². The Balaban J connectivity index is 0. The minimum Gasteiger partial charge on any atom is -1.00 e. The second-order valence-corrected chi connectivity index (χ2v) is 3.80. The average Bonchev–Trinajstić information content (AvgIpc) is 2.00. The highest BCUT2D eigenvalue weighted by atomic mass is 35.5. The van der Waals surface area contributed by atoms with E-state index in [9.17, 15) is 0 Å². The summed E-state index contributed by atoms with van der Waals surface area (Å²) in [4.78, 5) is 0. The third kappa shape index (κ3) is 4.51. The smallest absolute Gasteiger partial charge is 0.161 e. The first-order chi connectivity index (χ1) is 5.06. The van der Waals surface area contributed by atoms with Gasteiger partial charge >= 0.3 is 0 Å². The van der Waals surface area contributed by atoms with Gasteiger partial charge in [-0.25, -0.2) is 0 Å². The van der Waals surface area contributed by atoms with Crippen molar-refractivity contribution in [2.75, 3.05) is 26.7 Å².